The van der Waals surface area contributed by atoms with Crippen LogP contribution in [0.15, 0.2) is 34.9 Å². The van der Waals surface area contributed by atoms with Gasteiger partial charge in [-0.2, -0.15) is 0 Å². The topological polar surface area (TPSA) is 55.5 Å². The fraction of sp³-hybridized carbons (Fsp3) is 0.357. The van der Waals surface area contributed by atoms with E-state index in [0.717, 1.165) is 22.8 Å². The molecule has 0 saturated carbocycles. The molecule has 1 N–H and O–H groups in total. The summed E-state index contributed by atoms with van der Waals surface area (Å²) in [4.78, 5) is 0. The van der Waals surface area contributed by atoms with Crippen LogP contribution in [0.3, 0.4) is 0 Å². The van der Waals surface area contributed by atoms with Crippen molar-refractivity contribution >= 4 is 0 Å². The molecule has 4 nitrogen and oxygen atoms in total. The number of nitrogens with zero attached hydrogens (tertiary/aromatic N) is 1. The van der Waals surface area contributed by atoms with E-state index in [0.29, 0.717) is 19.4 Å². The van der Waals surface area contributed by atoms with Crippen molar-refractivity contribution in [2.24, 2.45) is 0 Å². The van der Waals surface area contributed by atoms with E-state index in [2.05, 4.69) is 5.16 Å². The lowest BCUT2D eigenvalue weighted by molar-refractivity contribution is 0.280. The zero-order valence-electron chi connectivity index (χ0n) is 10.4. The Balaban J connectivity index is 2.22. The van der Waals surface area contributed by atoms with Gasteiger partial charge in [-0.1, -0.05) is 17.3 Å². The molecule has 1 heterocycles. The van der Waals surface area contributed by atoms with Crippen LogP contribution in [0, 0.1) is 0 Å². The molecular weight excluding hydrogens is 230 g/mol. The van der Waals surface area contributed by atoms with Gasteiger partial charge < -0.3 is 14.4 Å². The zero-order valence-corrected chi connectivity index (χ0v) is 10.4. The second kappa shape index (κ2) is 6.21. The number of para-hydroxylation sites is 1. The highest BCUT2D eigenvalue weighted by Gasteiger charge is 2.10. The fourth-order valence-corrected chi connectivity index (χ4v) is 1.77. The molecule has 18 heavy (non-hydrogen) atoms. The van der Waals surface area contributed by atoms with Crippen LogP contribution >= 0.6 is 0 Å². The monoisotopic (exact) mass is 247 g/mol. The molecule has 1 aromatic heterocycles. The molecule has 0 radical (unpaired) electrons. The summed E-state index contributed by atoms with van der Waals surface area (Å²) in [5.74, 6) is 1.59. The van der Waals surface area contributed by atoms with Crippen molar-refractivity contribution in [3.63, 3.8) is 0 Å². The highest BCUT2D eigenvalue weighted by atomic mass is 16.5. The van der Waals surface area contributed by atoms with Gasteiger partial charge in [-0.3, -0.25) is 0 Å². The third-order valence-electron chi connectivity index (χ3n) is 2.60. The van der Waals surface area contributed by atoms with E-state index in [1.165, 1.54) is 0 Å². The van der Waals surface area contributed by atoms with Crippen molar-refractivity contribution in [3.05, 3.63) is 36.1 Å². The fourth-order valence-electron chi connectivity index (χ4n) is 1.77. The molecular formula is C14H17NO3. The molecule has 0 fully saturated rings. The van der Waals surface area contributed by atoms with Crippen LogP contribution in [0.5, 0.6) is 5.75 Å². The molecule has 0 atom stereocenters. The average Bonchev–Trinajstić information content (AvgIpc) is 2.86. The van der Waals surface area contributed by atoms with E-state index in [1.54, 1.807) is 0 Å². The molecule has 2 rings (SSSR count). The van der Waals surface area contributed by atoms with E-state index in [-0.39, 0.29) is 6.61 Å². The number of aliphatic hydroxyl groups excluding tert-OH is 1. The predicted octanol–water partition coefficient (Wildman–Crippen LogP) is 2.67. The van der Waals surface area contributed by atoms with Gasteiger partial charge in [-0.05, 0) is 25.5 Å². The maximum absolute atomic E-state index is 8.78. The summed E-state index contributed by atoms with van der Waals surface area (Å²) in [7, 11) is 0. The van der Waals surface area contributed by atoms with Crippen molar-refractivity contribution in [1.82, 2.24) is 5.16 Å². The number of aromatic nitrogens is 1. The molecule has 0 aliphatic carbocycles. The Morgan fingerprint density at radius 3 is 2.94 bits per heavy atom. The number of ether oxygens (including phenoxy) is 1. The lowest BCUT2D eigenvalue weighted by atomic mass is 10.1. The minimum absolute atomic E-state index is 0.158. The van der Waals surface area contributed by atoms with Crippen LogP contribution in [0.4, 0.5) is 0 Å². The second-order valence-electron chi connectivity index (χ2n) is 3.93. The van der Waals surface area contributed by atoms with Gasteiger partial charge in [0.05, 0.1) is 6.61 Å². The standard InChI is InChI=1S/C14H17NO3/c1-2-17-14-8-4-3-7-12(14)13-10-11(18-15-13)6-5-9-16/h3-4,7-8,10,16H,2,5-6,9H2,1H3. The van der Waals surface area contributed by atoms with Crippen LogP contribution in [0.2, 0.25) is 0 Å². The maximum Gasteiger partial charge on any atom is 0.137 e. The first-order valence-corrected chi connectivity index (χ1v) is 6.13. The van der Waals surface area contributed by atoms with Gasteiger partial charge in [0.1, 0.15) is 17.2 Å². The normalized spacial score (nSPS) is 10.6. The third-order valence-corrected chi connectivity index (χ3v) is 2.60. The molecule has 0 aliphatic rings. The molecule has 0 bridgehead atoms. The minimum atomic E-state index is 0.158. The molecule has 0 spiro atoms. The van der Waals surface area contributed by atoms with Crippen molar-refractivity contribution in [2.45, 2.75) is 19.8 Å². The summed E-state index contributed by atoms with van der Waals surface area (Å²) in [6.07, 6.45) is 1.38. The summed E-state index contributed by atoms with van der Waals surface area (Å²) in [6, 6.07) is 9.65. The number of rotatable bonds is 6. The van der Waals surface area contributed by atoms with Crippen molar-refractivity contribution < 1.29 is 14.4 Å². The zero-order chi connectivity index (χ0) is 12.8. The quantitative estimate of drug-likeness (QED) is 0.852. The average molecular weight is 247 g/mol. The Morgan fingerprint density at radius 1 is 1.33 bits per heavy atom. The number of aryl methyl sites for hydroxylation is 1. The number of benzene rings is 1. The first-order chi connectivity index (χ1) is 8.85. The van der Waals surface area contributed by atoms with Crippen LogP contribution in [0.25, 0.3) is 11.3 Å². The van der Waals surface area contributed by atoms with Gasteiger partial charge >= 0.3 is 0 Å². The first-order valence-electron chi connectivity index (χ1n) is 6.13. The second-order valence-corrected chi connectivity index (χ2v) is 3.93. The van der Waals surface area contributed by atoms with E-state index in [9.17, 15) is 0 Å². The number of hydrogen-bond donors (Lipinski definition) is 1. The summed E-state index contributed by atoms with van der Waals surface area (Å²) >= 11 is 0. The van der Waals surface area contributed by atoms with Crippen LogP contribution < -0.4 is 4.74 Å². The van der Waals surface area contributed by atoms with Gasteiger partial charge in [0.2, 0.25) is 0 Å². The van der Waals surface area contributed by atoms with E-state index < -0.39 is 0 Å². The molecule has 0 aliphatic heterocycles. The lowest BCUT2D eigenvalue weighted by Gasteiger charge is -2.06. The molecule has 2 aromatic rings. The van der Waals surface area contributed by atoms with Crippen LogP contribution in [-0.2, 0) is 6.42 Å². The molecule has 96 valence electrons. The van der Waals surface area contributed by atoms with E-state index >= 15 is 0 Å². The van der Waals surface area contributed by atoms with Crippen molar-refractivity contribution in [1.29, 1.82) is 0 Å². The SMILES string of the molecule is CCOc1ccccc1-c1cc(CCCO)on1. The number of aliphatic hydroxyl groups is 1. The molecule has 0 unspecified atom stereocenters. The summed E-state index contributed by atoms with van der Waals surface area (Å²) in [5, 5.41) is 12.8. The highest BCUT2D eigenvalue weighted by molar-refractivity contribution is 5.66. The van der Waals surface area contributed by atoms with Gasteiger partial charge in [0.25, 0.3) is 0 Å². The Kier molecular flexibility index (Phi) is 4.36. The van der Waals surface area contributed by atoms with Crippen molar-refractivity contribution in [3.8, 4) is 17.0 Å². The van der Waals surface area contributed by atoms with E-state index in [1.807, 2.05) is 37.3 Å². The Labute approximate surface area is 106 Å². The van der Waals surface area contributed by atoms with E-state index in [4.69, 9.17) is 14.4 Å². The largest absolute Gasteiger partial charge is 0.493 e. The Hall–Kier alpha value is -1.81. The molecule has 1 aromatic carbocycles. The summed E-state index contributed by atoms with van der Waals surface area (Å²) in [5.41, 5.74) is 1.70. The molecule has 4 heteroatoms. The lowest BCUT2D eigenvalue weighted by Crippen LogP contribution is -1.93. The maximum atomic E-state index is 8.78. The van der Waals surface area contributed by atoms with Gasteiger partial charge in [0.15, 0.2) is 0 Å². The van der Waals surface area contributed by atoms with Gasteiger partial charge in [-0.15, -0.1) is 0 Å². The summed E-state index contributed by atoms with van der Waals surface area (Å²) in [6.45, 7) is 2.73. The number of hydrogen-bond acceptors (Lipinski definition) is 4. The van der Waals surface area contributed by atoms with Gasteiger partial charge in [0, 0.05) is 24.7 Å². The Bertz CT molecular complexity index is 493. The first kappa shape index (κ1) is 12.6. The van der Waals surface area contributed by atoms with Crippen LogP contribution in [0.1, 0.15) is 19.1 Å². The molecule has 0 amide bonds. The van der Waals surface area contributed by atoms with Gasteiger partial charge in [-0.25, -0.2) is 0 Å². The van der Waals surface area contributed by atoms with Crippen LogP contribution in [-0.4, -0.2) is 23.5 Å². The Morgan fingerprint density at radius 2 is 2.17 bits per heavy atom. The highest BCUT2D eigenvalue weighted by Crippen LogP contribution is 2.29. The smallest absolute Gasteiger partial charge is 0.137 e. The predicted molar refractivity (Wildman–Crippen MR) is 68.5 cm³/mol. The summed E-state index contributed by atoms with van der Waals surface area (Å²) < 4.78 is 10.8. The minimum Gasteiger partial charge on any atom is -0.493 e. The molecule has 0 saturated heterocycles. The third kappa shape index (κ3) is 2.90. The van der Waals surface area contributed by atoms with Crippen molar-refractivity contribution in [2.75, 3.05) is 13.2 Å².